The van der Waals surface area contributed by atoms with E-state index >= 15 is 0 Å². The first-order chi connectivity index (χ1) is 17.2. The minimum absolute atomic E-state index is 0.0153. The molecular formula is C28H26ClF3N2O3. The lowest BCUT2D eigenvalue weighted by Crippen LogP contribution is -2.55. The molecule has 0 bridgehead atoms. The fraction of sp³-hybridized carbons (Fsp3) is 0.357. The van der Waals surface area contributed by atoms with E-state index in [1.54, 1.807) is 44.2 Å². The minimum Gasteiger partial charge on any atom is -0.386 e. The van der Waals surface area contributed by atoms with Gasteiger partial charge in [0, 0.05) is 11.8 Å². The van der Waals surface area contributed by atoms with Gasteiger partial charge in [0.05, 0.1) is 34.0 Å². The van der Waals surface area contributed by atoms with Crippen LogP contribution in [0.4, 0.5) is 13.2 Å². The number of hydrogen-bond acceptors (Lipinski definition) is 4. The van der Waals surface area contributed by atoms with Crippen LogP contribution in [-0.4, -0.2) is 31.6 Å². The quantitative estimate of drug-likeness (QED) is 0.447. The molecule has 0 spiro atoms. The molecule has 3 atom stereocenters. The average molecular weight is 531 g/mol. The van der Waals surface area contributed by atoms with Crippen LogP contribution in [0.3, 0.4) is 0 Å². The summed E-state index contributed by atoms with van der Waals surface area (Å²) in [4.78, 5) is 19.9. The highest BCUT2D eigenvalue weighted by Gasteiger charge is 2.71. The Bertz CT molecular complexity index is 1370. The van der Waals surface area contributed by atoms with Crippen LogP contribution in [0.2, 0.25) is 5.02 Å². The van der Waals surface area contributed by atoms with E-state index in [0.29, 0.717) is 33.8 Å². The Balaban J connectivity index is 1.77. The van der Waals surface area contributed by atoms with Crippen molar-refractivity contribution < 1.29 is 28.2 Å². The maximum absolute atomic E-state index is 14.0. The molecule has 1 aliphatic carbocycles. The van der Waals surface area contributed by atoms with E-state index < -0.39 is 34.4 Å². The summed E-state index contributed by atoms with van der Waals surface area (Å²) >= 11 is 6.00. The van der Waals surface area contributed by atoms with Gasteiger partial charge in [0.1, 0.15) is 5.54 Å². The Labute approximate surface area is 217 Å². The first-order valence-corrected chi connectivity index (χ1v) is 12.3. The van der Waals surface area contributed by atoms with Gasteiger partial charge in [0.2, 0.25) is 0 Å². The van der Waals surface area contributed by atoms with Crippen LogP contribution in [0.15, 0.2) is 60.8 Å². The molecule has 9 heteroatoms. The lowest BCUT2D eigenvalue weighted by molar-refractivity contribution is -0.137. The van der Waals surface area contributed by atoms with Crippen LogP contribution in [0.25, 0.3) is 0 Å². The zero-order valence-electron chi connectivity index (χ0n) is 20.5. The lowest BCUT2D eigenvalue weighted by atomic mass is 9.74. The summed E-state index contributed by atoms with van der Waals surface area (Å²) in [5.41, 5.74) is -2.84. The van der Waals surface area contributed by atoms with Gasteiger partial charge in [-0.3, -0.25) is 9.78 Å². The Morgan fingerprint density at radius 1 is 1.08 bits per heavy atom. The van der Waals surface area contributed by atoms with Gasteiger partial charge in [0.25, 0.3) is 5.91 Å². The van der Waals surface area contributed by atoms with Gasteiger partial charge in [-0.2, -0.15) is 13.2 Å². The Kier molecular flexibility index (Phi) is 5.75. The molecule has 2 heterocycles. The normalized spacial score (nSPS) is 25.4. The van der Waals surface area contributed by atoms with Crippen molar-refractivity contribution in [2.24, 2.45) is 5.92 Å². The summed E-state index contributed by atoms with van der Waals surface area (Å²) in [5.74, 6) is -0.645. The molecule has 2 aromatic carbocycles. The fourth-order valence-corrected chi connectivity index (χ4v) is 5.67. The maximum Gasteiger partial charge on any atom is 0.416 e. The van der Waals surface area contributed by atoms with Gasteiger partial charge in [-0.05, 0) is 73.2 Å². The predicted octanol–water partition coefficient (Wildman–Crippen LogP) is 5.65. The van der Waals surface area contributed by atoms with Crippen molar-refractivity contribution in [3.05, 3.63) is 99.3 Å². The van der Waals surface area contributed by atoms with E-state index in [-0.39, 0.29) is 18.0 Å². The Morgan fingerprint density at radius 2 is 1.70 bits per heavy atom. The van der Waals surface area contributed by atoms with Crippen molar-refractivity contribution in [2.45, 2.75) is 56.7 Å². The SMILES string of the molecule is CC1CC1(O)[C@@]1(c2ccc(C(F)(F)F)cc2)c2ccc(C(C)(C)O)cc2C(=O)N1Cc1ccc(Cl)cn1. The van der Waals surface area contributed by atoms with Crippen molar-refractivity contribution in [2.75, 3.05) is 0 Å². The molecule has 2 N–H and O–H groups in total. The second kappa shape index (κ2) is 8.28. The molecule has 3 aromatic rings. The van der Waals surface area contributed by atoms with Crippen LogP contribution in [0.1, 0.15) is 65.5 Å². The number of rotatable bonds is 5. The molecule has 0 saturated heterocycles. The second-order valence-corrected chi connectivity index (χ2v) is 10.9. The van der Waals surface area contributed by atoms with Crippen LogP contribution >= 0.6 is 11.6 Å². The standard InChI is InChI=1S/C28H26ClF3N2O3/c1-16-13-26(16,37)27(17-4-6-18(7-5-17)28(30,31)32)23-11-8-19(25(2,3)36)12-22(23)24(35)34(27)15-21-10-9-20(29)14-33-21/h4-12,14,16,36-37H,13,15H2,1-3H3/t16?,26?,27-/m1/s1. The number of carbonyl (C=O) groups is 1. The Hall–Kier alpha value is -2.94. The van der Waals surface area contributed by atoms with E-state index in [2.05, 4.69) is 4.98 Å². The molecule has 1 aromatic heterocycles. The van der Waals surface area contributed by atoms with Gasteiger partial charge in [-0.15, -0.1) is 0 Å². The van der Waals surface area contributed by atoms with Crippen molar-refractivity contribution in [3.63, 3.8) is 0 Å². The van der Waals surface area contributed by atoms with Gasteiger partial charge < -0.3 is 15.1 Å². The summed E-state index contributed by atoms with van der Waals surface area (Å²) in [6, 6.07) is 12.9. The van der Waals surface area contributed by atoms with Crippen LogP contribution in [0.5, 0.6) is 0 Å². The van der Waals surface area contributed by atoms with Gasteiger partial charge >= 0.3 is 6.18 Å². The Morgan fingerprint density at radius 3 is 2.22 bits per heavy atom. The second-order valence-electron chi connectivity index (χ2n) is 10.5. The van der Waals surface area contributed by atoms with Crippen molar-refractivity contribution in [1.29, 1.82) is 0 Å². The van der Waals surface area contributed by atoms with E-state index in [9.17, 15) is 28.2 Å². The van der Waals surface area contributed by atoms with Crippen LogP contribution < -0.4 is 0 Å². The number of halogens is 4. The third-order valence-corrected chi connectivity index (χ3v) is 7.86. The molecule has 194 valence electrons. The molecule has 1 amide bonds. The number of alkyl halides is 3. The molecular weight excluding hydrogens is 505 g/mol. The molecule has 37 heavy (non-hydrogen) atoms. The van der Waals surface area contributed by atoms with Crippen molar-refractivity contribution >= 4 is 17.5 Å². The first kappa shape index (κ1) is 25.7. The summed E-state index contributed by atoms with van der Waals surface area (Å²) in [5, 5.41) is 23.0. The van der Waals surface area contributed by atoms with E-state index in [1.165, 1.54) is 23.2 Å². The number of hydrogen-bond donors (Lipinski definition) is 2. The number of amides is 1. The predicted molar refractivity (Wildman–Crippen MR) is 132 cm³/mol. The van der Waals surface area contributed by atoms with E-state index in [1.807, 2.05) is 6.92 Å². The minimum atomic E-state index is -4.53. The molecule has 5 rings (SSSR count). The van der Waals surface area contributed by atoms with Crippen LogP contribution in [0, 0.1) is 5.92 Å². The van der Waals surface area contributed by atoms with E-state index in [4.69, 9.17) is 11.6 Å². The number of nitrogens with zero attached hydrogens (tertiary/aromatic N) is 2. The highest BCUT2D eigenvalue weighted by molar-refractivity contribution is 6.30. The maximum atomic E-state index is 14.0. The number of fused-ring (bicyclic) bond motifs is 1. The van der Waals surface area contributed by atoms with Gasteiger partial charge in [-0.1, -0.05) is 42.8 Å². The number of pyridine rings is 1. The number of carbonyl (C=O) groups excluding carboxylic acids is 1. The number of aromatic nitrogens is 1. The molecule has 2 unspecified atom stereocenters. The molecule has 1 fully saturated rings. The number of aliphatic hydroxyl groups is 2. The zero-order chi connectivity index (χ0) is 27.0. The smallest absolute Gasteiger partial charge is 0.386 e. The summed E-state index contributed by atoms with van der Waals surface area (Å²) in [6.45, 7) is 5.03. The van der Waals surface area contributed by atoms with Crippen LogP contribution in [-0.2, 0) is 23.9 Å². The largest absolute Gasteiger partial charge is 0.416 e. The highest BCUT2D eigenvalue weighted by atomic mass is 35.5. The van der Waals surface area contributed by atoms with Gasteiger partial charge in [0.15, 0.2) is 0 Å². The summed E-state index contributed by atoms with van der Waals surface area (Å²) in [7, 11) is 0. The van der Waals surface area contributed by atoms with Crippen molar-refractivity contribution in [1.82, 2.24) is 9.88 Å². The zero-order valence-corrected chi connectivity index (χ0v) is 21.2. The average Bonchev–Trinajstić information content (AvgIpc) is 3.37. The van der Waals surface area contributed by atoms with E-state index in [0.717, 1.165) is 12.1 Å². The molecule has 1 saturated carbocycles. The molecule has 1 aliphatic heterocycles. The summed E-state index contributed by atoms with van der Waals surface area (Å²) in [6.07, 6.45) is -2.74. The third kappa shape index (κ3) is 3.93. The molecule has 5 nitrogen and oxygen atoms in total. The topological polar surface area (TPSA) is 73.7 Å². The molecule has 2 aliphatic rings. The van der Waals surface area contributed by atoms with Gasteiger partial charge in [-0.25, -0.2) is 0 Å². The highest BCUT2D eigenvalue weighted by Crippen LogP contribution is 2.63. The molecule has 0 radical (unpaired) electrons. The lowest BCUT2D eigenvalue weighted by Gasteiger charge is -2.44. The fourth-order valence-electron chi connectivity index (χ4n) is 5.55. The third-order valence-electron chi connectivity index (χ3n) is 7.63. The number of benzene rings is 2. The first-order valence-electron chi connectivity index (χ1n) is 11.9. The van der Waals surface area contributed by atoms with Crippen molar-refractivity contribution in [3.8, 4) is 0 Å². The summed E-state index contributed by atoms with van der Waals surface area (Å²) < 4.78 is 40.2. The monoisotopic (exact) mass is 530 g/mol.